The monoisotopic (exact) mass is 337 g/mol. The molecular formula is C16H24BrN3. The standard InChI is InChI=1S/C16H24BrN3/c1-18-9-12-4-2-3-7-20(15-5-6-15)16(12)13-8-14(17)11-19-10-13/h8,10-12,15-16,18H,2-7,9H2,1H3. The Labute approximate surface area is 130 Å². The predicted octanol–water partition coefficient (Wildman–Crippen LogP) is 3.37. The van der Waals surface area contributed by atoms with Crippen molar-refractivity contribution < 1.29 is 0 Å². The molecule has 1 aliphatic carbocycles. The second kappa shape index (κ2) is 6.54. The Hall–Kier alpha value is -0.450. The molecule has 1 saturated heterocycles. The Balaban J connectivity index is 1.92. The van der Waals surface area contributed by atoms with Crippen molar-refractivity contribution in [1.29, 1.82) is 0 Å². The van der Waals surface area contributed by atoms with Gasteiger partial charge in [0.1, 0.15) is 0 Å². The van der Waals surface area contributed by atoms with E-state index in [1.54, 1.807) is 0 Å². The SMILES string of the molecule is CNCC1CCCCN(C2CC2)C1c1cncc(Br)c1. The smallest absolute Gasteiger partial charge is 0.0410 e. The van der Waals surface area contributed by atoms with E-state index in [0.29, 0.717) is 12.0 Å². The number of nitrogens with zero attached hydrogens (tertiary/aromatic N) is 2. The number of hydrogen-bond donors (Lipinski definition) is 1. The number of likely N-dealkylation sites (tertiary alicyclic amines) is 1. The maximum atomic E-state index is 4.40. The third kappa shape index (κ3) is 3.23. The zero-order chi connectivity index (χ0) is 13.9. The largest absolute Gasteiger partial charge is 0.319 e. The molecule has 2 aliphatic rings. The molecule has 110 valence electrons. The minimum atomic E-state index is 0.530. The van der Waals surface area contributed by atoms with Gasteiger partial charge in [-0.3, -0.25) is 9.88 Å². The molecule has 0 amide bonds. The Bertz CT molecular complexity index is 447. The molecule has 20 heavy (non-hydrogen) atoms. The van der Waals surface area contributed by atoms with Crippen molar-refractivity contribution in [2.45, 2.75) is 44.2 Å². The Morgan fingerprint density at radius 3 is 2.85 bits per heavy atom. The fourth-order valence-electron chi connectivity index (χ4n) is 3.61. The van der Waals surface area contributed by atoms with Gasteiger partial charge in [-0.15, -0.1) is 0 Å². The number of nitrogens with one attached hydrogen (secondary N) is 1. The van der Waals surface area contributed by atoms with E-state index in [4.69, 9.17) is 0 Å². The number of hydrogen-bond acceptors (Lipinski definition) is 3. The van der Waals surface area contributed by atoms with Crippen LogP contribution in [0.1, 0.15) is 43.7 Å². The first-order valence-electron chi connectivity index (χ1n) is 7.80. The van der Waals surface area contributed by atoms with Gasteiger partial charge in [0.15, 0.2) is 0 Å². The van der Waals surface area contributed by atoms with Gasteiger partial charge in [0.25, 0.3) is 0 Å². The molecule has 1 aliphatic heterocycles. The summed E-state index contributed by atoms with van der Waals surface area (Å²) in [4.78, 5) is 7.17. The van der Waals surface area contributed by atoms with Gasteiger partial charge in [0, 0.05) is 29.0 Å². The van der Waals surface area contributed by atoms with Crippen molar-refractivity contribution in [1.82, 2.24) is 15.2 Å². The van der Waals surface area contributed by atoms with E-state index in [1.807, 2.05) is 6.20 Å². The third-order valence-corrected chi connectivity index (χ3v) is 5.03. The van der Waals surface area contributed by atoms with E-state index in [1.165, 1.54) is 44.2 Å². The lowest BCUT2D eigenvalue weighted by atomic mass is 9.89. The summed E-state index contributed by atoms with van der Waals surface area (Å²) in [6.07, 6.45) is 10.7. The maximum Gasteiger partial charge on any atom is 0.0410 e. The van der Waals surface area contributed by atoms with Gasteiger partial charge >= 0.3 is 0 Å². The molecule has 3 rings (SSSR count). The van der Waals surface area contributed by atoms with Gasteiger partial charge in [-0.2, -0.15) is 0 Å². The van der Waals surface area contributed by atoms with Crippen LogP contribution in [0.2, 0.25) is 0 Å². The van der Waals surface area contributed by atoms with E-state index < -0.39 is 0 Å². The molecule has 0 aromatic carbocycles. The van der Waals surface area contributed by atoms with Gasteiger partial charge in [-0.25, -0.2) is 0 Å². The van der Waals surface area contributed by atoms with Crippen molar-refractivity contribution >= 4 is 15.9 Å². The van der Waals surface area contributed by atoms with Crippen LogP contribution >= 0.6 is 15.9 Å². The summed E-state index contributed by atoms with van der Waals surface area (Å²) in [6.45, 7) is 2.35. The normalized spacial score (nSPS) is 28.3. The molecule has 0 spiro atoms. The summed E-state index contributed by atoms with van der Waals surface area (Å²) in [7, 11) is 2.07. The van der Waals surface area contributed by atoms with Gasteiger partial charge in [-0.1, -0.05) is 6.42 Å². The van der Waals surface area contributed by atoms with E-state index in [0.717, 1.165) is 17.1 Å². The second-order valence-electron chi connectivity index (χ2n) is 6.16. The first-order valence-corrected chi connectivity index (χ1v) is 8.59. The Kier molecular flexibility index (Phi) is 4.74. The lowest BCUT2D eigenvalue weighted by Gasteiger charge is -2.35. The van der Waals surface area contributed by atoms with E-state index in [-0.39, 0.29) is 0 Å². The zero-order valence-corrected chi connectivity index (χ0v) is 13.8. The highest BCUT2D eigenvalue weighted by Crippen LogP contribution is 2.42. The molecule has 1 aromatic rings. The maximum absolute atomic E-state index is 4.40. The van der Waals surface area contributed by atoms with Crippen molar-refractivity contribution in [3.8, 4) is 0 Å². The van der Waals surface area contributed by atoms with Crippen LogP contribution in [-0.4, -0.2) is 36.1 Å². The molecule has 2 unspecified atom stereocenters. The summed E-state index contributed by atoms with van der Waals surface area (Å²) in [6, 6.07) is 3.61. The summed E-state index contributed by atoms with van der Waals surface area (Å²) < 4.78 is 1.10. The molecule has 2 fully saturated rings. The van der Waals surface area contributed by atoms with Crippen LogP contribution in [0.3, 0.4) is 0 Å². The van der Waals surface area contributed by atoms with Crippen LogP contribution in [0.5, 0.6) is 0 Å². The summed E-state index contributed by atoms with van der Waals surface area (Å²) in [5.41, 5.74) is 1.38. The van der Waals surface area contributed by atoms with Crippen molar-refractivity contribution in [2.24, 2.45) is 5.92 Å². The van der Waals surface area contributed by atoms with Gasteiger partial charge in [-0.05, 0) is 79.3 Å². The molecule has 0 bridgehead atoms. The molecule has 1 saturated carbocycles. The van der Waals surface area contributed by atoms with Crippen LogP contribution in [0.4, 0.5) is 0 Å². The second-order valence-corrected chi connectivity index (χ2v) is 7.08. The summed E-state index contributed by atoms with van der Waals surface area (Å²) in [5, 5.41) is 3.40. The van der Waals surface area contributed by atoms with E-state index in [9.17, 15) is 0 Å². The molecule has 2 atom stereocenters. The van der Waals surface area contributed by atoms with Gasteiger partial charge in [0.2, 0.25) is 0 Å². The Morgan fingerprint density at radius 1 is 1.30 bits per heavy atom. The van der Waals surface area contributed by atoms with Crippen molar-refractivity contribution in [2.75, 3.05) is 20.1 Å². The van der Waals surface area contributed by atoms with Crippen LogP contribution in [0.25, 0.3) is 0 Å². The summed E-state index contributed by atoms with van der Waals surface area (Å²) >= 11 is 3.58. The fourth-order valence-corrected chi connectivity index (χ4v) is 4.00. The molecule has 4 heteroatoms. The number of halogens is 1. The van der Waals surface area contributed by atoms with Crippen molar-refractivity contribution in [3.05, 3.63) is 28.5 Å². The highest BCUT2D eigenvalue weighted by atomic mass is 79.9. The predicted molar refractivity (Wildman–Crippen MR) is 85.7 cm³/mol. The minimum absolute atomic E-state index is 0.530. The average Bonchev–Trinajstić information content (AvgIpc) is 3.25. The average molecular weight is 338 g/mol. The first-order chi connectivity index (χ1) is 9.79. The number of aromatic nitrogens is 1. The van der Waals surface area contributed by atoms with E-state index >= 15 is 0 Å². The van der Waals surface area contributed by atoms with Crippen LogP contribution in [-0.2, 0) is 0 Å². The van der Waals surface area contributed by atoms with Crippen LogP contribution in [0.15, 0.2) is 22.9 Å². The molecule has 0 radical (unpaired) electrons. The third-order valence-electron chi connectivity index (χ3n) is 4.59. The molecule has 1 N–H and O–H groups in total. The van der Waals surface area contributed by atoms with Gasteiger partial charge < -0.3 is 5.32 Å². The highest BCUT2D eigenvalue weighted by Gasteiger charge is 2.39. The molecule has 3 nitrogen and oxygen atoms in total. The molecule has 2 heterocycles. The quantitative estimate of drug-likeness (QED) is 0.912. The molecule has 1 aromatic heterocycles. The number of rotatable bonds is 4. The van der Waals surface area contributed by atoms with Crippen LogP contribution < -0.4 is 5.32 Å². The van der Waals surface area contributed by atoms with E-state index in [2.05, 4.69) is 50.4 Å². The first kappa shape index (κ1) is 14.5. The lowest BCUT2D eigenvalue weighted by molar-refractivity contribution is 0.145. The fraction of sp³-hybridized carbons (Fsp3) is 0.688. The topological polar surface area (TPSA) is 28.2 Å². The lowest BCUT2D eigenvalue weighted by Crippen LogP contribution is -2.37. The Morgan fingerprint density at radius 2 is 2.15 bits per heavy atom. The zero-order valence-electron chi connectivity index (χ0n) is 12.2. The molecular weight excluding hydrogens is 314 g/mol. The summed E-state index contributed by atoms with van der Waals surface area (Å²) in [5.74, 6) is 0.694. The van der Waals surface area contributed by atoms with Crippen LogP contribution in [0, 0.1) is 5.92 Å². The number of pyridine rings is 1. The van der Waals surface area contributed by atoms with Crippen molar-refractivity contribution in [3.63, 3.8) is 0 Å². The minimum Gasteiger partial charge on any atom is -0.319 e. The highest BCUT2D eigenvalue weighted by molar-refractivity contribution is 9.10. The van der Waals surface area contributed by atoms with Gasteiger partial charge in [0.05, 0.1) is 0 Å².